The molecule has 1 atom stereocenters. The number of nitrogens with one attached hydrogen (secondary N) is 1. The maximum absolute atomic E-state index is 11.7. The monoisotopic (exact) mass is 396 g/mol. The molecule has 1 unspecified atom stereocenters. The van der Waals surface area contributed by atoms with Gasteiger partial charge in [-0.1, -0.05) is 0 Å². The maximum Gasteiger partial charge on any atom is 0.258 e. The van der Waals surface area contributed by atoms with E-state index in [1.165, 1.54) is 12.8 Å². The molecule has 0 bridgehead atoms. The molecule has 106 valence electrons. The third-order valence-electron chi connectivity index (χ3n) is 2.97. The van der Waals surface area contributed by atoms with Crippen LogP contribution < -0.4 is 15.8 Å². The van der Waals surface area contributed by atoms with E-state index in [1.807, 2.05) is 24.3 Å². The summed E-state index contributed by atoms with van der Waals surface area (Å²) >= 11 is 2.22. The van der Waals surface area contributed by atoms with Gasteiger partial charge in [0.25, 0.3) is 5.91 Å². The zero-order valence-electron chi connectivity index (χ0n) is 10.5. The molecule has 1 aromatic rings. The van der Waals surface area contributed by atoms with Crippen molar-refractivity contribution in [3.63, 3.8) is 0 Å². The van der Waals surface area contributed by atoms with E-state index < -0.39 is 0 Å². The lowest BCUT2D eigenvalue weighted by Gasteiger charge is -2.16. The Morgan fingerprint density at radius 1 is 1.42 bits per heavy atom. The van der Waals surface area contributed by atoms with Crippen molar-refractivity contribution in [2.24, 2.45) is 11.7 Å². The molecule has 1 aliphatic carbocycles. The Hall–Kier alpha value is -0.530. The number of benzene rings is 1. The fraction of sp³-hybridized carbons (Fsp3) is 0.462. The van der Waals surface area contributed by atoms with Gasteiger partial charge in [-0.2, -0.15) is 0 Å². The first-order valence-electron chi connectivity index (χ1n) is 6.07. The van der Waals surface area contributed by atoms with Crippen molar-refractivity contribution in [3.8, 4) is 5.75 Å². The number of carbonyl (C=O) groups is 1. The number of halogens is 2. The molecule has 4 nitrogen and oxygen atoms in total. The topological polar surface area (TPSA) is 64.3 Å². The van der Waals surface area contributed by atoms with Crippen molar-refractivity contribution in [1.29, 1.82) is 0 Å². The molecule has 2 rings (SSSR count). The smallest absolute Gasteiger partial charge is 0.258 e. The lowest BCUT2D eigenvalue weighted by atomic mass is 10.2. The van der Waals surface area contributed by atoms with Crippen molar-refractivity contribution >= 4 is 40.9 Å². The third kappa shape index (κ3) is 5.54. The molecule has 1 amide bonds. The zero-order valence-corrected chi connectivity index (χ0v) is 13.4. The molecule has 3 N–H and O–H groups in total. The molecule has 6 heteroatoms. The summed E-state index contributed by atoms with van der Waals surface area (Å²) in [6, 6.07) is 7.71. The van der Waals surface area contributed by atoms with E-state index in [2.05, 4.69) is 27.9 Å². The highest BCUT2D eigenvalue weighted by Gasteiger charge is 2.31. The van der Waals surface area contributed by atoms with Crippen LogP contribution in [0.5, 0.6) is 5.75 Å². The predicted octanol–water partition coefficient (Wildman–Crippen LogP) is 1.95. The number of hydrogen-bond acceptors (Lipinski definition) is 3. The van der Waals surface area contributed by atoms with Gasteiger partial charge in [0.2, 0.25) is 0 Å². The molecule has 0 radical (unpaired) electrons. The van der Waals surface area contributed by atoms with Gasteiger partial charge in [0.05, 0.1) is 0 Å². The summed E-state index contributed by atoms with van der Waals surface area (Å²) in [4.78, 5) is 11.7. The molecule has 0 saturated heterocycles. The average Bonchev–Trinajstić information content (AvgIpc) is 3.19. The van der Waals surface area contributed by atoms with E-state index in [0.717, 1.165) is 3.57 Å². The molecule has 0 heterocycles. The SMILES string of the molecule is Cl.NCC(NC(=O)COc1ccc(I)cc1)C1CC1. The van der Waals surface area contributed by atoms with Crippen molar-refractivity contribution < 1.29 is 9.53 Å². The van der Waals surface area contributed by atoms with E-state index in [1.54, 1.807) is 0 Å². The number of nitrogens with two attached hydrogens (primary N) is 1. The Labute approximate surface area is 133 Å². The number of ether oxygens (including phenoxy) is 1. The Balaban J connectivity index is 0.00000180. The quantitative estimate of drug-likeness (QED) is 0.723. The number of hydrogen-bond donors (Lipinski definition) is 2. The minimum atomic E-state index is -0.101. The van der Waals surface area contributed by atoms with Crippen LogP contribution in [0.25, 0.3) is 0 Å². The molecule has 1 aromatic carbocycles. The van der Waals surface area contributed by atoms with Crippen LogP contribution in [0.3, 0.4) is 0 Å². The zero-order chi connectivity index (χ0) is 13.0. The molecule has 0 aliphatic heterocycles. The second-order valence-corrected chi connectivity index (χ2v) is 5.74. The standard InChI is InChI=1S/C13H17IN2O2.ClH/c14-10-3-5-11(6-4-10)18-8-13(17)16-12(7-15)9-1-2-9;/h3-6,9,12H,1-2,7-8,15H2,(H,16,17);1H. The highest BCUT2D eigenvalue weighted by molar-refractivity contribution is 14.1. The highest BCUT2D eigenvalue weighted by atomic mass is 127. The van der Waals surface area contributed by atoms with Gasteiger partial charge in [-0.25, -0.2) is 0 Å². The Kier molecular flexibility index (Phi) is 6.88. The van der Waals surface area contributed by atoms with Crippen molar-refractivity contribution in [1.82, 2.24) is 5.32 Å². The lowest BCUT2D eigenvalue weighted by Crippen LogP contribution is -2.43. The van der Waals surface area contributed by atoms with E-state index in [-0.39, 0.29) is 31.0 Å². The van der Waals surface area contributed by atoms with Crippen LogP contribution in [0.2, 0.25) is 0 Å². The molecule has 1 aliphatic rings. The highest BCUT2D eigenvalue weighted by Crippen LogP contribution is 2.32. The fourth-order valence-corrected chi connectivity index (χ4v) is 2.16. The first-order chi connectivity index (χ1) is 8.69. The molecule has 1 saturated carbocycles. The Morgan fingerprint density at radius 2 is 2.05 bits per heavy atom. The summed E-state index contributed by atoms with van der Waals surface area (Å²) in [5.74, 6) is 1.18. The van der Waals surface area contributed by atoms with Gasteiger partial charge in [0, 0.05) is 16.2 Å². The lowest BCUT2D eigenvalue weighted by molar-refractivity contribution is -0.123. The molecular formula is C13H18ClIN2O2. The van der Waals surface area contributed by atoms with Crippen LogP contribution in [-0.4, -0.2) is 25.1 Å². The summed E-state index contributed by atoms with van der Waals surface area (Å²) in [7, 11) is 0. The predicted molar refractivity (Wildman–Crippen MR) is 85.6 cm³/mol. The third-order valence-corrected chi connectivity index (χ3v) is 3.69. The largest absolute Gasteiger partial charge is 0.484 e. The number of amides is 1. The Bertz CT molecular complexity index is 410. The van der Waals surface area contributed by atoms with E-state index in [0.29, 0.717) is 18.2 Å². The maximum atomic E-state index is 11.7. The van der Waals surface area contributed by atoms with Crippen LogP contribution in [0, 0.1) is 9.49 Å². The second kappa shape index (κ2) is 7.91. The molecule has 1 fully saturated rings. The van der Waals surface area contributed by atoms with Crippen LogP contribution in [0.1, 0.15) is 12.8 Å². The molecular weight excluding hydrogens is 379 g/mol. The van der Waals surface area contributed by atoms with Crippen LogP contribution in [0.4, 0.5) is 0 Å². The average molecular weight is 397 g/mol. The van der Waals surface area contributed by atoms with Crippen molar-refractivity contribution in [3.05, 3.63) is 27.8 Å². The van der Waals surface area contributed by atoms with E-state index in [4.69, 9.17) is 10.5 Å². The summed E-state index contributed by atoms with van der Waals surface area (Å²) in [6.45, 7) is 0.545. The minimum absolute atomic E-state index is 0. The number of rotatable bonds is 6. The normalized spacial score (nSPS) is 15.3. The first-order valence-corrected chi connectivity index (χ1v) is 7.14. The van der Waals surface area contributed by atoms with Crippen molar-refractivity contribution in [2.45, 2.75) is 18.9 Å². The van der Waals surface area contributed by atoms with Crippen LogP contribution >= 0.6 is 35.0 Å². The molecule has 0 spiro atoms. The second-order valence-electron chi connectivity index (χ2n) is 4.49. The molecule has 0 aromatic heterocycles. The van der Waals surface area contributed by atoms with Gasteiger partial charge in [-0.15, -0.1) is 12.4 Å². The van der Waals surface area contributed by atoms with Crippen LogP contribution in [0.15, 0.2) is 24.3 Å². The summed E-state index contributed by atoms with van der Waals surface area (Å²) in [5, 5.41) is 2.92. The fourth-order valence-electron chi connectivity index (χ4n) is 1.80. The number of carbonyl (C=O) groups excluding carboxylic acids is 1. The van der Waals surface area contributed by atoms with Crippen molar-refractivity contribution in [2.75, 3.05) is 13.2 Å². The van der Waals surface area contributed by atoms with Gasteiger partial charge in [0.15, 0.2) is 6.61 Å². The molecule has 19 heavy (non-hydrogen) atoms. The summed E-state index contributed by atoms with van der Waals surface area (Å²) < 4.78 is 6.55. The van der Waals surface area contributed by atoms with Crippen LogP contribution in [-0.2, 0) is 4.79 Å². The van der Waals surface area contributed by atoms with Gasteiger partial charge in [-0.3, -0.25) is 4.79 Å². The van der Waals surface area contributed by atoms with E-state index in [9.17, 15) is 4.79 Å². The van der Waals surface area contributed by atoms with E-state index >= 15 is 0 Å². The van der Waals surface area contributed by atoms with Gasteiger partial charge >= 0.3 is 0 Å². The Morgan fingerprint density at radius 3 is 2.58 bits per heavy atom. The summed E-state index contributed by atoms with van der Waals surface area (Å²) in [6.07, 6.45) is 2.33. The summed E-state index contributed by atoms with van der Waals surface area (Å²) in [5.41, 5.74) is 5.63. The van der Waals surface area contributed by atoms with Gasteiger partial charge in [-0.05, 0) is 65.6 Å². The first kappa shape index (κ1) is 16.5. The minimum Gasteiger partial charge on any atom is -0.484 e. The van der Waals surface area contributed by atoms with Gasteiger partial charge < -0.3 is 15.8 Å². The van der Waals surface area contributed by atoms with Gasteiger partial charge in [0.1, 0.15) is 5.75 Å².